The van der Waals surface area contributed by atoms with Gasteiger partial charge in [-0.1, -0.05) is 6.92 Å². The van der Waals surface area contributed by atoms with Crippen molar-refractivity contribution in [3.05, 3.63) is 23.3 Å². The number of aromatic nitrogens is 4. The molecule has 0 amide bonds. The highest BCUT2D eigenvalue weighted by Gasteiger charge is 2.17. The Balaban J connectivity index is 2.37. The standard InChI is InChI=1S/C12H17N5O/c1-5-10(13-4)12-17-16-11(18-12)9-6-7(2)14-15-8(9)3/h6,10,13H,5H2,1-4H3. The van der Waals surface area contributed by atoms with Crippen LogP contribution in [-0.2, 0) is 0 Å². The van der Waals surface area contributed by atoms with E-state index in [4.69, 9.17) is 4.42 Å². The van der Waals surface area contributed by atoms with E-state index in [1.807, 2.05) is 27.0 Å². The molecule has 0 aliphatic rings. The Morgan fingerprint density at radius 1 is 1.22 bits per heavy atom. The summed E-state index contributed by atoms with van der Waals surface area (Å²) in [5.74, 6) is 1.10. The Labute approximate surface area is 106 Å². The van der Waals surface area contributed by atoms with Crippen LogP contribution in [0, 0.1) is 13.8 Å². The van der Waals surface area contributed by atoms with Crippen molar-refractivity contribution < 1.29 is 4.42 Å². The summed E-state index contributed by atoms with van der Waals surface area (Å²) in [5.41, 5.74) is 2.46. The fourth-order valence-corrected chi connectivity index (χ4v) is 1.75. The first kappa shape index (κ1) is 12.6. The Hall–Kier alpha value is -1.82. The van der Waals surface area contributed by atoms with Crippen molar-refractivity contribution in [1.29, 1.82) is 0 Å². The summed E-state index contributed by atoms with van der Waals surface area (Å²) in [5, 5.41) is 19.3. The van der Waals surface area contributed by atoms with E-state index in [0.717, 1.165) is 23.4 Å². The molecule has 96 valence electrons. The predicted molar refractivity (Wildman–Crippen MR) is 66.9 cm³/mol. The summed E-state index contributed by atoms with van der Waals surface area (Å²) in [7, 11) is 1.88. The van der Waals surface area contributed by atoms with Gasteiger partial charge in [0, 0.05) is 0 Å². The van der Waals surface area contributed by atoms with E-state index < -0.39 is 0 Å². The summed E-state index contributed by atoms with van der Waals surface area (Å²) in [6.45, 7) is 5.82. The van der Waals surface area contributed by atoms with Crippen molar-refractivity contribution in [3.63, 3.8) is 0 Å². The molecular weight excluding hydrogens is 230 g/mol. The largest absolute Gasteiger partial charge is 0.419 e. The van der Waals surface area contributed by atoms with Crippen molar-refractivity contribution in [3.8, 4) is 11.5 Å². The maximum atomic E-state index is 5.70. The molecule has 0 radical (unpaired) electrons. The van der Waals surface area contributed by atoms with Gasteiger partial charge in [0.15, 0.2) is 0 Å². The lowest BCUT2D eigenvalue weighted by molar-refractivity contribution is 0.415. The Kier molecular flexibility index (Phi) is 3.66. The zero-order valence-corrected chi connectivity index (χ0v) is 11.1. The molecule has 0 saturated carbocycles. The van der Waals surface area contributed by atoms with Gasteiger partial charge in [-0.15, -0.1) is 10.2 Å². The molecule has 1 N–H and O–H groups in total. The lowest BCUT2D eigenvalue weighted by atomic mass is 10.2. The van der Waals surface area contributed by atoms with Crippen LogP contribution in [-0.4, -0.2) is 27.4 Å². The topological polar surface area (TPSA) is 76.7 Å². The number of nitrogens with one attached hydrogen (secondary N) is 1. The average molecular weight is 247 g/mol. The second kappa shape index (κ2) is 5.22. The number of rotatable bonds is 4. The summed E-state index contributed by atoms with van der Waals surface area (Å²) < 4.78 is 5.70. The molecule has 0 fully saturated rings. The van der Waals surface area contributed by atoms with Gasteiger partial charge in [-0.25, -0.2) is 0 Å². The van der Waals surface area contributed by atoms with Crippen LogP contribution in [0.5, 0.6) is 0 Å². The van der Waals surface area contributed by atoms with Crippen LogP contribution in [0.2, 0.25) is 0 Å². The van der Waals surface area contributed by atoms with Gasteiger partial charge in [0.2, 0.25) is 11.8 Å². The zero-order valence-electron chi connectivity index (χ0n) is 11.1. The molecule has 0 bridgehead atoms. The molecule has 6 nitrogen and oxygen atoms in total. The third-order valence-electron chi connectivity index (χ3n) is 2.83. The number of hydrogen-bond acceptors (Lipinski definition) is 6. The van der Waals surface area contributed by atoms with Gasteiger partial charge in [-0.05, 0) is 33.4 Å². The molecule has 2 rings (SSSR count). The zero-order chi connectivity index (χ0) is 13.1. The van der Waals surface area contributed by atoms with E-state index >= 15 is 0 Å². The molecule has 2 aromatic heterocycles. The molecule has 6 heteroatoms. The Morgan fingerprint density at radius 2 is 2.00 bits per heavy atom. The van der Waals surface area contributed by atoms with E-state index in [9.17, 15) is 0 Å². The minimum absolute atomic E-state index is 0.0856. The van der Waals surface area contributed by atoms with Crippen molar-refractivity contribution in [2.75, 3.05) is 7.05 Å². The summed E-state index contributed by atoms with van der Waals surface area (Å²) in [4.78, 5) is 0. The smallest absolute Gasteiger partial charge is 0.249 e. The molecular formula is C12H17N5O. The number of aryl methyl sites for hydroxylation is 2. The minimum atomic E-state index is 0.0856. The van der Waals surface area contributed by atoms with Crippen LogP contribution >= 0.6 is 0 Å². The van der Waals surface area contributed by atoms with Crippen LogP contribution in [0.1, 0.15) is 36.7 Å². The minimum Gasteiger partial charge on any atom is -0.419 e. The first-order chi connectivity index (χ1) is 8.65. The maximum Gasteiger partial charge on any atom is 0.249 e. The summed E-state index contributed by atoms with van der Waals surface area (Å²) in [6.07, 6.45) is 0.894. The van der Waals surface area contributed by atoms with Gasteiger partial charge in [0.25, 0.3) is 0 Å². The monoisotopic (exact) mass is 247 g/mol. The maximum absolute atomic E-state index is 5.70. The molecule has 2 heterocycles. The second-order valence-corrected chi connectivity index (χ2v) is 4.18. The molecule has 1 unspecified atom stereocenters. The third kappa shape index (κ3) is 2.38. The van der Waals surface area contributed by atoms with Crippen LogP contribution in [0.4, 0.5) is 0 Å². The first-order valence-corrected chi connectivity index (χ1v) is 5.97. The van der Waals surface area contributed by atoms with Gasteiger partial charge in [0.1, 0.15) is 0 Å². The van der Waals surface area contributed by atoms with E-state index in [0.29, 0.717) is 11.8 Å². The van der Waals surface area contributed by atoms with Gasteiger partial charge < -0.3 is 9.73 Å². The highest BCUT2D eigenvalue weighted by Crippen LogP contribution is 2.23. The molecule has 0 aromatic carbocycles. The third-order valence-corrected chi connectivity index (χ3v) is 2.83. The Bertz CT molecular complexity index is 533. The van der Waals surface area contributed by atoms with Crippen LogP contribution in [0.25, 0.3) is 11.5 Å². The van der Waals surface area contributed by atoms with Gasteiger partial charge in [-0.2, -0.15) is 10.2 Å². The van der Waals surface area contributed by atoms with Gasteiger partial charge in [-0.3, -0.25) is 0 Å². The Morgan fingerprint density at radius 3 is 2.67 bits per heavy atom. The molecule has 0 aliphatic heterocycles. The molecule has 0 aliphatic carbocycles. The molecule has 2 aromatic rings. The van der Waals surface area contributed by atoms with Crippen LogP contribution in [0.3, 0.4) is 0 Å². The highest BCUT2D eigenvalue weighted by molar-refractivity contribution is 5.55. The summed E-state index contributed by atoms with van der Waals surface area (Å²) >= 11 is 0. The quantitative estimate of drug-likeness (QED) is 0.888. The number of hydrogen-bond donors (Lipinski definition) is 1. The summed E-state index contributed by atoms with van der Waals surface area (Å²) in [6, 6.07) is 1.99. The second-order valence-electron chi connectivity index (χ2n) is 4.18. The van der Waals surface area contributed by atoms with Gasteiger partial charge >= 0.3 is 0 Å². The molecule has 0 spiro atoms. The van der Waals surface area contributed by atoms with Crippen LogP contribution < -0.4 is 5.32 Å². The van der Waals surface area contributed by atoms with E-state index in [-0.39, 0.29) is 6.04 Å². The molecule has 18 heavy (non-hydrogen) atoms. The van der Waals surface area contributed by atoms with E-state index in [1.54, 1.807) is 0 Å². The van der Waals surface area contributed by atoms with Crippen molar-refractivity contribution in [2.45, 2.75) is 33.2 Å². The fraction of sp³-hybridized carbons (Fsp3) is 0.500. The number of nitrogens with zero attached hydrogens (tertiary/aromatic N) is 4. The normalized spacial score (nSPS) is 12.7. The first-order valence-electron chi connectivity index (χ1n) is 5.97. The van der Waals surface area contributed by atoms with E-state index in [2.05, 4.69) is 32.6 Å². The molecule has 1 atom stereocenters. The SMILES string of the molecule is CCC(NC)c1nnc(-c2cc(C)nnc2C)o1. The highest BCUT2D eigenvalue weighted by atomic mass is 16.4. The predicted octanol–water partition coefficient (Wildman–Crippen LogP) is 1.81. The lowest BCUT2D eigenvalue weighted by Crippen LogP contribution is -2.15. The van der Waals surface area contributed by atoms with Crippen molar-refractivity contribution in [1.82, 2.24) is 25.7 Å². The van der Waals surface area contributed by atoms with E-state index in [1.165, 1.54) is 0 Å². The van der Waals surface area contributed by atoms with Gasteiger partial charge in [0.05, 0.1) is 23.0 Å². The van der Waals surface area contributed by atoms with Crippen molar-refractivity contribution in [2.24, 2.45) is 0 Å². The van der Waals surface area contributed by atoms with Crippen LogP contribution in [0.15, 0.2) is 10.5 Å². The van der Waals surface area contributed by atoms with Crippen molar-refractivity contribution >= 4 is 0 Å². The molecule has 0 saturated heterocycles. The lowest BCUT2D eigenvalue weighted by Gasteiger charge is -2.07. The average Bonchev–Trinajstić information content (AvgIpc) is 2.83. The fourth-order valence-electron chi connectivity index (χ4n) is 1.75.